The maximum absolute atomic E-state index is 11.7. The van der Waals surface area contributed by atoms with Crippen LogP contribution in [0.5, 0.6) is 0 Å². The van der Waals surface area contributed by atoms with E-state index in [0.29, 0.717) is 11.8 Å². The fourth-order valence-electron chi connectivity index (χ4n) is 1.61. The topological polar surface area (TPSA) is 57.6 Å². The summed E-state index contributed by atoms with van der Waals surface area (Å²) in [4.78, 5) is 23.7. The minimum absolute atomic E-state index is 0. The number of rotatable bonds is 6. The van der Waals surface area contributed by atoms with Gasteiger partial charge in [0, 0.05) is 40.9 Å². The van der Waals surface area contributed by atoms with Crippen molar-refractivity contribution in [1.29, 1.82) is 0 Å². The number of carbonyl (C=O) groups is 2. The molecule has 0 rings (SSSR count). The molecule has 0 bridgehead atoms. The predicted octanol–water partition coefficient (Wildman–Crippen LogP) is 4.51. The molecule has 0 heterocycles. The van der Waals surface area contributed by atoms with Crippen molar-refractivity contribution in [1.82, 2.24) is 4.90 Å². The minimum atomic E-state index is -0.125. The summed E-state index contributed by atoms with van der Waals surface area (Å²) < 4.78 is 0. The number of hydrogen-bond acceptors (Lipinski definition) is 4. The van der Waals surface area contributed by atoms with Gasteiger partial charge in [-0.05, 0) is 31.4 Å². The van der Waals surface area contributed by atoms with Gasteiger partial charge in [0.2, 0.25) is 0 Å². The Morgan fingerprint density at radius 2 is 1.50 bits per heavy atom. The van der Waals surface area contributed by atoms with Crippen molar-refractivity contribution in [2.75, 3.05) is 18.8 Å². The van der Waals surface area contributed by atoms with Crippen LogP contribution in [0, 0.1) is 11.8 Å². The monoisotopic (exact) mass is 365 g/mol. The molecular formula is C16H31NO3STi. The number of ketones is 1. The van der Waals surface area contributed by atoms with Gasteiger partial charge < -0.3 is 10.0 Å². The van der Waals surface area contributed by atoms with Gasteiger partial charge in [-0.25, -0.2) is 0 Å². The molecule has 22 heavy (non-hydrogen) atoms. The van der Waals surface area contributed by atoms with Crippen molar-refractivity contribution in [3.8, 4) is 0 Å². The molecule has 0 saturated carbocycles. The molecule has 0 unspecified atom stereocenters. The van der Waals surface area contributed by atoms with Crippen molar-refractivity contribution in [2.24, 2.45) is 11.8 Å². The number of aliphatic hydroxyl groups is 1. The van der Waals surface area contributed by atoms with Crippen LogP contribution in [0.3, 0.4) is 0 Å². The molecule has 0 saturated heterocycles. The van der Waals surface area contributed by atoms with Crippen molar-refractivity contribution in [3.05, 3.63) is 11.8 Å². The molecule has 0 aliphatic rings. The van der Waals surface area contributed by atoms with Crippen LogP contribution in [-0.4, -0.2) is 39.9 Å². The number of aliphatic hydroxyl groups excluding tert-OH is 1. The first-order valence-electron chi connectivity index (χ1n) is 7.39. The number of nitrogens with zero attached hydrogens (tertiary/aromatic N) is 1. The summed E-state index contributed by atoms with van der Waals surface area (Å²) in [7, 11) is 0. The van der Waals surface area contributed by atoms with Crippen molar-refractivity contribution < 1.29 is 36.4 Å². The average molecular weight is 365 g/mol. The summed E-state index contributed by atoms with van der Waals surface area (Å²) in [6.07, 6.45) is 1.17. The summed E-state index contributed by atoms with van der Waals surface area (Å²) in [6, 6.07) is 0. The smallest absolute Gasteiger partial charge is 0.281 e. The third kappa shape index (κ3) is 19.7. The van der Waals surface area contributed by atoms with Crippen LogP contribution in [-0.2, 0) is 26.5 Å². The van der Waals surface area contributed by atoms with E-state index < -0.39 is 0 Å². The summed E-state index contributed by atoms with van der Waals surface area (Å²) in [5, 5.41) is 8.59. The van der Waals surface area contributed by atoms with Gasteiger partial charge in [0.1, 0.15) is 0 Å². The second-order valence-corrected chi connectivity index (χ2v) is 7.00. The fraction of sp³-hybridized carbons (Fsp3) is 0.750. The van der Waals surface area contributed by atoms with Gasteiger partial charge in [-0.3, -0.25) is 9.59 Å². The second-order valence-electron chi connectivity index (χ2n) is 5.79. The first kappa shape index (κ1) is 26.6. The molecule has 0 aliphatic heterocycles. The Hall–Kier alpha value is -0.256. The summed E-state index contributed by atoms with van der Waals surface area (Å²) in [5.74, 6) is 1.91. The van der Waals surface area contributed by atoms with Gasteiger partial charge >= 0.3 is 0 Å². The maximum Gasteiger partial charge on any atom is 0.281 e. The molecule has 0 fully saturated rings. The molecule has 0 aromatic carbocycles. The predicted molar refractivity (Wildman–Crippen MR) is 91.8 cm³/mol. The van der Waals surface area contributed by atoms with Crippen LogP contribution < -0.4 is 0 Å². The summed E-state index contributed by atoms with van der Waals surface area (Å²) >= 11 is 1.41. The van der Waals surface area contributed by atoms with E-state index in [4.69, 9.17) is 5.11 Å². The quantitative estimate of drug-likeness (QED) is 0.427. The molecule has 0 aromatic rings. The van der Waals surface area contributed by atoms with E-state index >= 15 is 0 Å². The SMILES string of the molecule is CC(=O)/C=C(/C)O.CCSC(=O)N(CC(C)C)CC(C)C.[Ti]. The summed E-state index contributed by atoms with van der Waals surface area (Å²) in [5.41, 5.74) is 0. The van der Waals surface area contributed by atoms with Gasteiger partial charge in [-0.15, -0.1) is 0 Å². The Balaban J connectivity index is -0.000000385. The Kier molecular flexibility index (Phi) is 18.9. The molecule has 128 valence electrons. The van der Waals surface area contributed by atoms with Crippen molar-refractivity contribution >= 4 is 22.8 Å². The Bertz CT molecular complexity index is 330. The normalized spacial score (nSPS) is 10.7. The van der Waals surface area contributed by atoms with Gasteiger partial charge in [-0.1, -0.05) is 46.4 Å². The second kappa shape index (κ2) is 15.6. The third-order valence-electron chi connectivity index (χ3n) is 2.11. The van der Waals surface area contributed by atoms with E-state index in [0.717, 1.165) is 18.8 Å². The molecular weight excluding hydrogens is 334 g/mol. The minimum Gasteiger partial charge on any atom is -0.512 e. The Morgan fingerprint density at radius 1 is 1.09 bits per heavy atom. The molecule has 1 N–H and O–H groups in total. The number of carbonyl (C=O) groups excluding carboxylic acids is 2. The maximum atomic E-state index is 11.7. The zero-order valence-corrected chi connectivity index (χ0v) is 17.4. The van der Waals surface area contributed by atoms with E-state index in [1.165, 1.54) is 31.7 Å². The molecule has 0 aromatic heterocycles. The molecule has 0 spiro atoms. The zero-order valence-electron chi connectivity index (χ0n) is 15.0. The van der Waals surface area contributed by atoms with E-state index in [9.17, 15) is 9.59 Å². The van der Waals surface area contributed by atoms with Crippen molar-refractivity contribution in [3.63, 3.8) is 0 Å². The van der Waals surface area contributed by atoms with Gasteiger partial charge in [0.15, 0.2) is 5.78 Å². The van der Waals surface area contributed by atoms with Crippen LogP contribution in [0.4, 0.5) is 4.79 Å². The Labute approximate surface area is 155 Å². The van der Waals surface area contributed by atoms with Crippen molar-refractivity contribution in [2.45, 2.75) is 48.5 Å². The standard InChI is InChI=1S/C11H23NOS.C5H8O2.Ti/c1-6-14-11(13)12(7-9(2)3)8-10(4)5;1-4(6)3-5(2)7;/h9-10H,6-8H2,1-5H3;3,6H,1-2H3;/b;4-3-;. The molecule has 0 aliphatic carbocycles. The number of hydrogen-bond donors (Lipinski definition) is 1. The fourth-order valence-corrected chi connectivity index (χ4v) is 2.19. The first-order chi connectivity index (χ1) is 9.59. The average Bonchev–Trinajstić information content (AvgIpc) is 2.25. The van der Waals surface area contributed by atoms with Crippen LogP contribution in [0.1, 0.15) is 48.5 Å². The first-order valence-corrected chi connectivity index (χ1v) is 8.38. The number of thioether (sulfide) groups is 1. The number of allylic oxidation sites excluding steroid dienone is 2. The van der Waals surface area contributed by atoms with E-state index in [2.05, 4.69) is 27.7 Å². The van der Waals surface area contributed by atoms with Gasteiger partial charge in [0.05, 0.1) is 5.76 Å². The van der Waals surface area contributed by atoms with Gasteiger partial charge in [-0.2, -0.15) is 0 Å². The van der Waals surface area contributed by atoms with E-state index in [1.807, 2.05) is 11.8 Å². The van der Waals surface area contributed by atoms with E-state index in [-0.39, 0.29) is 38.5 Å². The molecule has 4 nitrogen and oxygen atoms in total. The zero-order chi connectivity index (χ0) is 17.0. The Morgan fingerprint density at radius 3 is 1.68 bits per heavy atom. The van der Waals surface area contributed by atoms with Crippen LogP contribution in [0.25, 0.3) is 0 Å². The van der Waals surface area contributed by atoms with Crippen LogP contribution in [0.2, 0.25) is 0 Å². The largest absolute Gasteiger partial charge is 0.512 e. The third-order valence-corrected chi connectivity index (χ3v) is 2.90. The molecule has 0 radical (unpaired) electrons. The van der Waals surface area contributed by atoms with Gasteiger partial charge in [0.25, 0.3) is 5.24 Å². The number of amides is 1. The molecule has 6 heteroatoms. The summed E-state index contributed by atoms with van der Waals surface area (Å²) in [6.45, 7) is 15.2. The molecule has 1 amide bonds. The molecule has 0 atom stereocenters. The van der Waals surface area contributed by atoms with Crippen LogP contribution in [0.15, 0.2) is 11.8 Å². The van der Waals surface area contributed by atoms with Crippen LogP contribution >= 0.6 is 11.8 Å². The van der Waals surface area contributed by atoms with E-state index in [1.54, 1.807) is 0 Å².